The second kappa shape index (κ2) is 5.12. The van der Waals surface area contributed by atoms with Crippen molar-refractivity contribution in [3.8, 4) is 0 Å². The highest BCUT2D eigenvalue weighted by atomic mass is 16.6. The largest absolute Gasteiger partial charge is 0.300 e. The van der Waals surface area contributed by atoms with Gasteiger partial charge in [-0.25, -0.2) is 0 Å². The number of hydrazine groups is 1. The molecule has 4 aliphatic carbocycles. The fourth-order valence-corrected chi connectivity index (χ4v) is 5.07. The molecule has 3 fully saturated rings. The number of nitro benzene ring substituents is 2. The number of nitrogens with one attached hydrogen (secondary N) is 1. The minimum absolute atomic E-state index is 0.0418. The molecule has 0 spiro atoms. The summed E-state index contributed by atoms with van der Waals surface area (Å²) in [5.74, 6) is -0.648. The van der Waals surface area contributed by atoms with Crippen LogP contribution in [0.1, 0.15) is 6.42 Å². The summed E-state index contributed by atoms with van der Waals surface area (Å²) in [6.07, 6.45) is 5.10. The third-order valence-corrected chi connectivity index (χ3v) is 6.28. The quantitative estimate of drug-likeness (QED) is 0.370. The Morgan fingerprint density at radius 1 is 0.963 bits per heavy atom. The molecule has 2 saturated carbocycles. The van der Waals surface area contributed by atoms with Gasteiger partial charge in [-0.05, 0) is 36.2 Å². The smallest absolute Gasteiger partial charge is 0.282 e. The van der Waals surface area contributed by atoms with Gasteiger partial charge in [-0.3, -0.25) is 35.2 Å². The highest BCUT2D eigenvalue weighted by molar-refractivity contribution is 6.07. The maximum atomic E-state index is 12.9. The summed E-state index contributed by atoms with van der Waals surface area (Å²) in [4.78, 5) is 46.4. The van der Waals surface area contributed by atoms with Gasteiger partial charge in [0.1, 0.15) is 5.69 Å². The lowest BCUT2D eigenvalue weighted by Crippen LogP contribution is -2.40. The predicted octanol–water partition coefficient (Wildman–Crippen LogP) is 1.88. The van der Waals surface area contributed by atoms with E-state index in [1.807, 2.05) is 12.2 Å². The Bertz CT molecular complexity index is 923. The van der Waals surface area contributed by atoms with E-state index in [2.05, 4.69) is 5.43 Å². The highest BCUT2D eigenvalue weighted by Gasteiger charge is 2.67. The number of carbonyl (C=O) groups excluding carboxylic acids is 2. The number of hydrogen-bond donors (Lipinski definition) is 1. The summed E-state index contributed by atoms with van der Waals surface area (Å²) in [5, 5.41) is 23.0. The number of nitrogens with zero attached hydrogens (tertiary/aromatic N) is 3. The van der Waals surface area contributed by atoms with E-state index in [4.69, 9.17) is 0 Å². The SMILES string of the molecule is O=C1[C@@H]2[C@H]3C=C[C@@H]([C@@H]4C[C@H]34)[C@@H]2C(=O)N1Nc1ccc([N+](=O)[O-])cc1[N+](=O)[O-]. The third kappa shape index (κ3) is 2.06. The minimum Gasteiger partial charge on any atom is -0.282 e. The average molecular weight is 370 g/mol. The van der Waals surface area contributed by atoms with Gasteiger partial charge in [0.15, 0.2) is 0 Å². The molecule has 0 aromatic heterocycles. The molecular formula is C17H14N4O6. The Morgan fingerprint density at radius 2 is 1.56 bits per heavy atom. The maximum Gasteiger partial charge on any atom is 0.300 e. The van der Waals surface area contributed by atoms with Crippen molar-refractivity contribution in [2.24, 2.45) is 35.5 Å². The zero-order valence-corrected chi connectivity index (χ0v) is 13.8. The van der Waals surface area contributed by atoms with Crippen LogP contribution in [0.5, 0.6) is 0 Å². The van der Waals surface area contributed by atoms with E-state index in [1.165, 1.54) is 0 Å². The van der Waals surface area contributed by atoms with Crippen LogP contribution >= 0.6 is 0 Å². The van der Waals surface area contributed by atoms with Crippen molar-refractivity contribution in [3.05, 3.63) is 50.6 Å². The van der Waals surface area contributed by atoms with Gasteiger partial charge in [-0.15, -0.1) is 0 Å². The van der Waals surface area contributed by atoms with Crippen LogP contribution in [0.25, 0.3) is 0 Å². The fourth-order valence-electron chi connectivity index (χ4n) is 5.07. The summed E-state index contributed by atoms with van der Waals surface area (Å²) in [7, 11) is 0. The van der Waals surface area contributed by atoms with Gasteiger partial charge < -0.3 is 0 Å². The molecule has 1 aromatic carbocycles. The van der Waals surface area contributed by atoms with Crippen molar-refractivity contribution >= 4 is 28.9 Å². The standard InChI is InChI=1S/C17H14N4O6/c22-16-14-8-2-3-9(11-6-10(8)11)15(14)17(23)19(16)18-12-4-1-7(20(24)25)5-13(12)21(26)27/h1-5,8-11,14-15,18H,6H2/t8-,9-,10-,11+,14-,15+/m0/s1. The first-order valence-corrected chi connectivity index (χ1v) is 8.64. The van der Waals surface area contributed by atoms with Crippen molar-refractivity contribution in [1.82, 2.24) is 5.01 Å². The third-order valence-electron chi connectivity index (χ3n) is 6.28. The number of rotatable bonds is 4. The first-order valence-electron chi connectivity index (χ1n) is 8.64. The first-order chi connectivity index (χ1) is 12.9. The summed E-state index contributed by atoms with van der Waals surface area (Å²) < 4.78 is 0. The Balaban J connectivity index is 1.47. The van der Waals surface area contributed by atoms with Crippen LogP contribution in [0, 0.1) is 55.7 Å². The molecule has 10 heteroatoms. The Morgan fingerprint density at radius 3 is 2.07 bits per heavy atom. The molecule has 1 heterocycles. The zero-order valence-electron chi connectivity index (χ0n) is 13.8. The lowest BCUT2D eigenvalue weighted by atomic mass is 9.63. The Hall–Kier alpha value is -3.30. The number of benzene rings is 1. The molecule has 1 N–H and O–H groups in total. The van der Waals surface area contributed by atoms with Gasteiger partial charge >= 0.3 is 5.69 Å². The minimum atomic E-state index is -0.784. The fraction of sp³-hybridized carbons (Fsp3) is 0.412. The van der Waals surface area contributed by atoms with Gasteiger partial charge in [-0.1, -0.05) is 12.2 Å². The topological polar surface area (TPSA) is 136 Å². The first kappa shape index (κ1) is 15.9. The molecule has 6 rings (SSSR count). The van der Waals surface area contributed by atoms with E-state index in [0.717, 1.165) is 29.6 Å². The molecule has 0 radical (unpaired) electrons. The second-order valence-corrected chi connectivity index (χ2v) is 7.49. The second-order valence-electron chi connectivity index (χ2n) is 7.49. The number of hydrogen-bond acceptors (Lipinski definition) is 7. The number of anilines is 1. The van der Waals surface area contributed by atoms with Crippen molar-refractivity contribution in [2.45, 2.75) is 6.42 Å². The number of non-ortho nitro benzene ring substituents is 1. The Kier molecular flexibility index (Phi) is 3.02. The van der Waals surface area contributed by atoms with E-state index in [9.17, 15) is 29.8 Å². The van der Waals surface area contributed by atoms with Gasteiger partial charge in [-0.2, -0.15) is 5.01 Å². The molecule has 6 atom stereocenters. The molecule has 0 unspecified atom stereocenters. The molecule has 1 aliphatic heterocycles. The van der Waals surface area contributed by atoms with Gasteiger partial charge in [0.25, 0.3) is 17.5 Å². The number of nitro groups is 2. The van der Waals surface area contributed by atoms with Crippen LogP contribution in [0.4, 0.5) is 17.1 Å². The number of carbonyl (C=O) groups is 2. The molecule has 10 nitrogen and oxygen atoms in total. The highest BCUT2D eigenvalue weighted by Crippen LogP contribution is 2.65. The molecular weight excluding hydrogens is 356 g/mol. The van der Waals surface area contributed by atoms with Crippen LogP contribution in [-0.4, -0.2) is 26.7 Å². The van der Waals surface area contributed by atoms with E-state index in [0.29, 0.717) is 11.8 Å². The number of amides is 2. The van der Waals surface area contributed by atoms with Crippen LogP contribution < -0.4 is 5.43 Å². The number of imide groups is 1. The van der Waals surface area contributed by atoms with Crippen LogP contribution in [0.15, 0.2) is 30.4 Å². The molecule has 138 valence electrons. The summed E-state index contributed by atoms with van der Waals surface area (Å²) in [6, 6.07) is 3.04. The molecule has 27 heavy (non-hydrogen) atoms. The van der Waals surface area contributed by atoms with Crippen LogP contribution in [0.2, 0.25) is 0 Å². The van der Waals surface area contributed by atoms with Gasteiger partial charge in [0, 0.05) is 6.07 Å². The molecule has 2 bridgehead atoms. The van der Waals surface area contributed by atoms with Crippen LogP contribution in [0.3, 0.4) is 0 Å². The van der Waals surface area contributed by atoms with Crippen molar-refractivity contribution in [3.63, 3.8) is 0 Å². The van der Waals surface area contributed by atoms with Crippen molar-refractivity contribution in [2.75, 3.05) is 5.43 Å². The molecule has 1 saturated heterocycles. The van der Waals surface area contributed by atoms with Gasteiger partial charge in [0.2, 0.25) is 0 Å². The Labute approximate surface area is 152 Å². The predicted molar refractivity (Wildman–Crippen MR) is 89.9 cm³/mol. The lowest BCUT2D eigenvalue weighted by Gasteiger charge is -2.37. The van der Waals surface area contributed by atoms with E-state index >= 15 is 0 Å². The monoisotopic (exact) mass is 370 g/mol. The number of allylic oxidation sites excluding steroid dienone is 2. The zero-order chi connectivity index (χ0) is 19.0. The molecule has 5 aliphatic rings. The molecule has 2 amide bonds. The van der Waals surface area contributed by atoms with Crippen molar-refractivity contribution < 1.29 is 19.4 Å². The average Bonchev–Trinajstić information content (AvgIpc) is 3.42. The van der Waals surface area contributed by atoms with Gasteiger partial charge in [0.05, 0.1) is 27.7 Å². The summed E-state index contributed by atoms with van der Waals surface area (Å²) in [5.41, 5.74) is 1.42. The molecule has 1 aromatic rings. The summed E-state index contributed by atoms with van der Waals surface area (Å²) >= 11 is 0. The van der Waals surface area contributed by atoms with E-state index in [1.54, 1.807) is 0 Å². The summed E-state index contributed by atoms with van der Waals surface area (Å²) in [6.45, 7) is 0. The van der Waals surface area contributed by atoms with Crippen LogP contribution in [-0.2, 0) is 9.59 Å². The normalized spacial score (nSPS) is 35.0. The van der Waals surface area contributed by atoms with E-state index in [-0.39, 0.29) is 29.3 Å². The lowest BCUT2D eigenvalue weighted by molar-refractivity contribution is -0.393. The van der Waals surface area contributed by atoms with Crippen molar-refractivity contribution in [1.29, 1.82) is 0 Å². The van der Waals surface area contributed by atoms with E-state index < -0.39 is 33.1 Å². The maximum absolute atomic E-state index is 12.9.